The number of fused-ring (bicyclic) bond motifs is 1. The third kappa shape index (κ3) is 1.43. The molecule has 1 atom stereocenters. The van der Waals surface area contributed by atoms with E-state index in [4.69, 9.17) is 5.11 Å². The molecule has 4 nitrogen and oxygen atoms in total. The van der Waals surface area contributed by atoms with Crippen LogP contribution in [-0.4, -0.2) is 34.0 Å². The number of aliphatic carboxylic acids is 1. The number of carbonyl (C=O) groups excluding carboxylic acids is 1. The SMILES string of the molecule is CC(C)(C)C(=O)N1C2CC(C2)[C@H]1C(=O)O. The van der Waals surface area contributed by atoms with Gasteiger partial charge in [-0.2, -0.15) is 0 Å². The van der Waals surface area contributed by atoms with Crippen molar-refractivity contribution in [2.45, 2.75) is 45.7 Å². The Labute approximate surface area is 89.3 Å². The highest BCUT2D eigenvalue weighted by molar-refractivity contribution is 5.88. The van der Waals surface area contributed by atoms with Crippen molar-refractivity contribution in [2.24, 2.45) is 11.3 Å². The van der Waals surface area contributed by atoms with Gasteiger partial charge in [-0.3, -0.25) is 4.79 Å². The highest BCUT2D eigenvalue weighted by Crippen LogP contribution is 2.47. The maximum absolute atomic E-state index is 12.1. The number of amides is 1. The van der Waals surface area contributed by atoms with E-state index < -0.39 is 17.4 Å². The van der Waals surface area contributed by atoms with Crippen molar-refractivity contribution in [3.05, 3.63) is 0 Å². The van der Waals surface area contributed by atoms with Gasteiger partial charge in [0.05, 0.1) is 0 Å². The van der Waals surface area contributed by atoms with Gasteiger partial charge in [-0.15, -0.1) is 0 Å². The van der Waals surface area contributed by atoms with Crippen LogP contribution in [0.25, 0.3) is 0 Å². The first-order valence-corrected chi connectivity index (χ1v) is 5.38. The number of rotatable bonds is 1. The van der Waals surface area contributed by atoms with Crippen molar-refractivity contribution in [2.75, 3.05) is 0 Å². The maximum atomic E-state index is 12.1. The monoisotopic (exact) mass is 211 g/mol. The molecule has 0 unspecified atom stereocenters. The highest BCUT2D eigenvalue weighted by atomic mass is 16.4. The van der Waals surface area contributed by atoms with Gasteiger partial charge in [-0.1, -0.05) is 20.8 Å². The van der Waals surface area contributed by atoms with Crippen molar-refractivity contribution >= 4 is 11.9 Å². The van der Waals surface area contributed by atoms with Gasteiger partial charge in [0.2, 0.25) is 5.91 Å². The summed E-state index contributed by atoms with van der Waals surface area (Å²) < 4.78 is 0. The smallest absolute Gasteiger partial charge is 0.326 e. The van der Waals surface area contributed by atoms with Crippen LogP contribution in [0.3, 0.4) is 0 Å². The molecule has 3 fully saturated rings. The molecule has 1 amide bonds. The molecule has 0 spiro atoms. The molecule has 4 heteroatoms. The van der Waals surface area contributed by atoms with Crippen molar-refractivity contribution in [1.29, 1.82) is 0 Å². The molecule has 1 aliphatic carbocycles. The first-order chi connectivity index (χ1) is 6.82. The molecule has 1 saturated carbocycles. The summed E-state index contributed by atoms with van der Waals surface area (Å²) in [4.78, 5) is 24.8. The van der Waals surface area contributed by atoms with Crippen LogP contribution in [0.2, 0.25) is 0 Å². The average molecular weight is 211 g/mol. The zero-order valence-electron chi connectivity index (χ0n) is 9.36. The van der Waals surface area contributed by atoms with Crippen LogP contribution in [0.15, 0.2) is 0 Å². The summed E-state index contributed by atoms with van der Waals surface area (Å²) in [7, 11) is 0. The summed E-state index contributed by atoms with van der Waals surface area (Å²) in [5, 5.41) is 9.10. The number of hydrogen-bond donors (Lipinski definition) is 1. The molecule has 3 aliphatic rings. The summed E-state index contributed by atoms with van der Waals surface area (Å²) in [6.07, 6.45) is 1.75. The van der Waals surface area contributed by atoms with Gasteiger partial charge in [0.25, 0.3) is 0 Å². The molecule has 0 aromatic carbocycles. The van der Waals surface area contributed by atoms with Crippen LogP contribution in [-0.2, 0) is 9.59 Å². The predicted molar refractivity (Wildman–Crippen MR) is 54.2 cm³/mol. The molecule has 3 rings (SSSR count). The van der Waals surface area contributed by atoms with Crippen molar-refractivity contribution < 1.29 is 14.7 Å². The normalized spacial score (nSPS) is 33.8. The molecule has 2 aliphatic heterocycles. The Kier molecular flexibility index (Phi) is 2.07. The first kappa shape index (κ1) is 10.5. The lowest BCUT2D eigenvalue weighted by atomic mass is 9.83. The van der Waals surface area contributed by atoms with Crippen LogP contribution < -0.4 is 0 Å². The van der Waals surface area contributed by atoms with E-state index in [9.17, 15) is 9.59 Å². The minimum Gasteiger partial charge on any atom is -0.480 e. The fourth-order valence-electron chi connectivity index (χ4n) is 2.57. The van der Waals surface area contributed by atoms with E-state index in [0.29, 0.717) is 0 Å². The minimum absolute atomic E-state index is 0.0279. The molecule has 84 valence electrons. The van der Waals surface area contributed by atoms with Gasteiger partial charge in [-0.25, -0.2) is 4.79 Å². The van der Waals surface area contributed by atoms with Gasteiger partial charge in [0.15, 0.2) is 0 Å². The van der Waals surface area contributed by atoms with Crippen molar-refractivity contribution in [1.82, 2.24) is 4.90 Å². The fourth-order valence-corrected chi connectivity index (χ4v) is 2.57. The zero-order chi connectivity index (χ0) is 11.4. The van der Waals surface area contributed by atoms with E-state index in [1.165, 1.54) is 0 Å². The summed E-state index contributed by atoms with van der Waals surface area (Å²) in [5.41, 5.74) is -0.481. The van der Waals surface area contributed by atoms with Gasteiger partial charge < -0.3 is 10.0 Å². The second-order valence-electron chi connectivity index (χ2n) is 5.63. The lowest BCUT2D eigenvalue weighted by Gasteiger charge is -2.31. The van der Waals surface area contributed by atoms with E-state index in [0.717, 1.165) is 12.8 Å². The third-order valence-corrected chi connectivity index (χ3v) is 3.42. The van der Waals surface area contributed by atoms with E-state index in [-0.39, 0.29) is 17.9 Å². The van der Waals surface area contributed by atoms with Crippen molar-refractivity contribution in [3.63, 3.8) is 0 Å². The van der Waals surface area contributed by atoms with Crippen LogP contribution in [0, 0.1) is 11.3 Å². The zero-order valence-corrected chi connectivity index (χ0v) is 9.36. The molecular weight excluding hydrogens is 194 g/mol. The predicted octanol–water partition coefficient (Wildman–Crippen LogP) is 1.11. The van der Waals surface area contributed by atoms with Crippen LogP contribution in [0.1, 0.15) is 33.6 Å². The van der Waals surface area contributed by atoms with E-state index >= 15 is 0 Å². The largest absolute Gasteiger partial charge is 0.480 e. The Morgan fingerprint density at radius 3 is 2.20 bits per heavy atom. The summed E-state index contributed by atoms with van der Waals surface area (Å²) >= 11 is 0. The molecule has 0 aromatic heterocycles. The van der Waals surface area contributed by atoms with Gasteiger partial charge in [-0.05, 0) is 18.8 Å². The van der Waals surface area contributed by atoms with Gasteiger partial charge in [0.1, 0.15) is 6.04 Å². The minimum atomic E-state index is -0.849. The fraction of sp³-hybridized carbons (Fsp3) is 0.818. The second kappa shape index (κ2) is 2.97. The first-order valence-electron chi connectivity index (χ1n) is 5.38. The summed E-state index contributed by atoms with van der Waals surface area (Å²) in [5.74, 6) is -0.684. The topological polar surface area (TPSA) is 57.6 Å². The Hall–Kier alpha value is -1.06. The molecule has 0 aromatic rings. The number of carbonyl (C=O) groups is 2. The lowest BCUT2D eigenvalue weighted by molar-refractivity contribution is -0.152. The number of carboxylic acids is 1. The molecule has 0 radical (unpaired) electrons. The Balaban J connectivity index is 2.22. The standard InChI is InChI=1S/C11H17NO3/c1-11(2,3)10(15)12-7-4-6(5-7)8(12)9(13)14/h6-8H,4-5H2,1-3H3,(H,13,14)/t6?,7?,8-/m0/s1. The van der Waals surface area contributed by atoms with E-state index in [2.05, 4.69) is 0 Å². The number of carboxylic acid groups (broad SMARTS) is 1. The van der Waals surface area contributed by atoms with E-state index in [1.54, 1.807) is 4.90 Å². The number of hydrogen-bond acceptors (Lipinski definition) is 2. The summed E-state index contributed by atoms with van der Waals surface area (Å²) in [6.45, 7) is 5.51. The molecule has 2 bridgehead atoms. The average Bonchev–Trinajstić information content (AvgIpc) is 2.51. The summed E-state index contributed by atoms with van der Waals surface area (Å²) in [6, 6.07) is -0.385. The quantitative estimate of drug-likeness (QED) is 0.706. The lowest BCUT2D eigenvalue weighted by Crippen LogP contribution is -2.46. The van der Waals surface area contributed by atoms with Crippen LogP contribution in [0.5, 0.6) is 0 Å². The Morgan fingerprint density at radius 2 is 1.80 bits per heavy atom. The molecular formula is C11H17NO3. The molecule has 2 saturated heterocycles. The molecule has 1 N–H and O–H groups in total. The van der Waals surface area contributed by atoms with Crippen LogP contribution >= 0.6 is 0 Å². The molecule has 2 heterocycles. The number of nitrogens with zero attached hydrogens (tertiary/aromatic N) is 1. The highest BCUT2D eigenvalue weighted by Gasteiger charge is 2.57. The third-order valence-electron chi connectivity index (χ3n) is 3.42. The van der Waals surface area contributed by atoms with E-state index in [1.807, 2.05) is 20.8 Å². The second-order valence-corrected chi connectivity index (χ2v) is 5.63. The van der Waals surface area contributed by atoms with Gasteiger partial charge in [0, 0.05) is 11.5 Å². The Bertz CT molecular complexity index is 312. The Morgan fingerprint density at radius 1 is 1.27 bits per heavy atom. The maximum Gasteiger partial charge on any atom is 0.326 e. The van der Waals surface area contributed by atoms with Crippen molar-refractivity contribution in [3.8, 4) is 0 Å². The molecule has 15 heavy (non-hydrogen) atoms. The van der Waals surface area contributed by atoms with Gasteiger partial charge >= 0.3 is 5.97 Å². The van der Waals surface area contributed by atoms with Crippen LogP contribution in [0.4, 0.5) is 0 Å².